The summed E-state index contributed by atoms with van der Waals surface area (Å²) in [7, 11) is 1.99. The van der Waals surface area contributed by atoms with Gasteiger partial charge in [0.05, 0.1) is 11.0 Å². The fourth-order valence-electron chi connectivity index (χ4n) is 2.67. The van der Waals surface area contributed by atoms with E-state index in [1.165, 1.54) is 10.4 Å². The number of benzene rings is 1. The third kappa shape index (κ3) is 4.58. The fourth-order valence-corrected chi connectivity index (χ4v) is 4.00. The average Bonchev–Trinajstić information content (AvgIpc) is 3.14. The molecule has 25 heavy (non-hydrogen) atoms. The highest BCUT2D eigenvalue weighted by atomic mass is 35.5. The highest BCUT2D eigenvalue weighted by molar-refractivity contribution is 7.71. The average molecular weight is 393 g/mol. The van der Waals surface area contributed by atoms with E-state index in [0.717, 1.165) is 34.4 Å². The van der Waals surface area contributed by atoms with E-state index in [-0.39, 0.29) is 0 Å². The largest absolute Gasteiger partial charge is 0.307 e. The minimum absolute atomic E-state index is 0.674. The molecule has 0 spiro atoms. The van der Waals surface area contributed by atoms with Crippen LogP contribution < -0.4 is 0 Å². The molecule has 0 atom stereocenters. The lowest BCUT2D eigenvalue weighted by molar-refractivity contribution is 0.208. The lowest BCUT2D eigenvalue weighted by Crippen LogP contribution is -2.26. The Balaban J connectivity index is 1.75. The van der Waals surface area contributed by atoms with E-state index >= 15 is 0 Å². The molecule has 0 aliphatic heterocycles. The van der Waals surface area contributed by atoms with Gasteiger partial charge in [-0.25, -0.2) is 4.68 Å². The zero-order chi connectivity index (χ0) is 17.8. The van der Waals surface area contributed by atoms with Crippen LogP contribution in [-0.4, -0.2) is 25.8 Å². The molecule has 0 saturated heterocycles. The van der Waals surface area contributed by atoms with Gasteiger partial charge in [-0.1, -0.05) is 48.9 Å². The Bertz CT molecular complexity index is 882. The van der Waals surface area contributed by atoms with Crippen LogP contribution in [0.3, 0.4) is 0 Å². The van der Waals surface area contributed by atoms with Crippen molar-refractivity contribution in [1.82, 2.24) is 19.2 Å². The summed E-state index contributed by atoms with van der Waals surface area (Å²) in [5.41, 5.74) is 1.23. The molecule has 0 saturated carbocycles. The van der Waals surface area contributed by atoms with Crippen molar-refractivity contribution in [3.05, 3.63) is 67.8 Å². The van der Waals surface area contributed by atoms with Gasteiger partial charge in [0.15, 0.2) is 4.77 Å². The van der Waals surface area contributed by atoms with Crippen LogP contribution in [0.25, 0.3) is 0 Å². The maximum absolute atomic E-state index is 6.04. The van der Waals surface area contributed by atoms with Gasteiger partial charge in [0.2, 0.25) is 0 Å². The number of nitrogens with zero attached hydrogens (tertiary/aromatic N) is 4. The number of rotatable bonds is 7. The molecule has 0 aliphatic carbocycles. The quantitative estimate of drug-likeness (QED) is 0.543. The van der Waals surface area contributed by atoms with E-state index in [1.54, 1.807) is 11.3 Å². The van der Waals surface area contributed by atoms with Crippen molar-refractivity contribution < 1.29 is 0 Å². The van der Waals surface area contributed by atoms with Crippen molar-refractivity contribution in [3.63, 3.8) is 0 Å². The van der Waals surface area contributed by atoms with Crippen molar-refractivity contribution in [2.45, 2.75) is 26.6 Å². The van der Waals surface area contributed by atoms with Crippen LogP contribution in [-0.2, 0) is 26.7 Å². The summed E-state index contributed by atoms with van der Waals surface area (Å²) in [4.78, 5) is 3.55. The van der Waals surface area contributed by atoms with E-state index in [0.29, 0.717) is 6.67 Å². The van der Waals surface area contributed by atoms with Crippen LogP contribution in [0.15, 0.2) is 42.5 Å². The lowest BCUT2D eigenvalue weighted by atomic mass is 10.1. The maximum atomic E-state index is 6.04. The number of thiophene rings is 1. The molecular formula is C18H21ClN4S2. The summed E-state index contributed by atoms with van der Waals surface area (Å²) in [5.74, 6) is 0.978. The van der Waals surface area contributed by atoms with Gasteiger partial charge in [-0.05, 0) is 36.5 Å². The van der Waals surface area contributed by atoms with Crippen molar-refractivity contribution >= 4 is 35.2 Å². The second kappa shape index (κ2) is 8.27. The van der Waals surface area contributed by atoms with Crippen molar-refractivity contribution in [2.24, 2.45) is 7.05 Å². The molecule has 3 aromatic rings. The molecule has 4 nitrogen and oxygen atoms in total. The van der Waals surface area contributed by atoms with Gasteiger partial charge in [0, 0.05) is 24.9 Å². The van der Waals surface area contributed by atoms with Crippen molar-refractivity contribution in [3.8, 4) is 0 Å². The monoisotopic (exact) mass is 392 g/mol. The first-order valence-corrected chi connectivity index (χ1v) is 9.80. The SMILES string of the molecule is CCN(Cc1ccc(Cl)s1)Cn1nc(Cc2ccccc2)n(C)c1=S. The Morgan fingerprint density at radius 1 is 1.20 bits per heavy atom. The Hall–Kier alpha value is -1.47. The van der Waals surface area contributed by atoms with Gasteiger partial charge in [0.25, 0.3) is 0 Å². The molecule has 132 valence electrons. The summed E-state index contributed by atoms with van der Waals surface area (Å²) in [6, 6.07) is 14.4. The van der Waals surface area contributed by atoms with Crippen LogP contribution in [0.1, 0.15) is 23.2 Å². The number of hydrogen-bond donors (Lipinski definition) is 0. The normalized spacial score (nSPS) is 11.4. The van der Waals surface area contributed by atoms with Crippen LogP contribution in [0.2, 0.25) is 4.34 Å². The van der Waals surface area contributed by atoms with Gasteiger partial charge in [-0.2, -0.15) is 5.10 Å². The van der Waals surface area contributed by atoms with E-state index in [2.05, 4.69) is 30.0 Å². The second-order valence-corrected chi connectivity index (χ2v) is 8.08. The number of aromatic nitrogens is 3. The molecule has 1 aromatic carbocycles. The zero-order valence-electron chi connectivity index (χ0n) is 14.4. The standard InChI is InChI=1S/C18H21ClN4S2/c1-3-22(12-15-9-10-16(19)25-15)13-23-18(24)21(2)17(20-23)11-14-7-5-4-6-8-14/h4-10H,3,11-13H2,1-2H3. The molecule has 0 bridgehead atoms. The molecule has 0 fully saturated rings. The molecule has 3 rings (SSSR count). The van der Waals surface area contributed by atoms with Crippen molar-refractivity contribution in [1.29, 1.82) is 0 Å². The van der Waals surface area contributed by atoms with Gasteiger partial charge < -0.3 is 4.57 Å². The van der Waals surface area contributed by atoms with Gasteiger partial charge >= 0.3 is 0 Å². The maximum Gasteiger partial charge on any atom is 0.198 e. The van der Waals surface area contributed by atoms with E-state index in [9.17, 15) is 0 Å². The van der Waals surface area contributed by atoms with Crippen LogP contribution in [0.5, 0.6) is 0 Å². The first-order chi connectivity index (χ1) is 12.1. The van der Waals surface area contributed by atoms with Crippen molar-refractivity contribution in [2.75, 3.05) is 6.54 Å². The summed E-state index contributed by atoms with van der Waals surface area (Å²) in [6.07, 6.45) is 0.778. The molecule has 2 aromatic heterocycles. The third-order valence-electron chi connectivity index (χ3n) is 4.13. The minimum Gasteiger partial charge on any atom is -0.307 e. The number of halogens is 1. The van der Waals surface area contributed by atoms with E-state index < -0.39 is 0 Å². The molecule has 0 unspecified atom stereocenters. The first-order valence-electron chi connectivity index (χ1n) is 8.20. The van der Waals surface area contributed by atoms with Gasteiger partial charge in [-0.3, -0.25) is 4.90 Å². The summed E-state index contributed by atoms with van der Waals surface area (Å²) in [6.45, 7) is 4.59. The number of hydrogen-bond acceptors (Lipinski definition) is 4. The first kappa shape index (κ1) is 18.3. The van der Waals surface area contributed by atoms with Gasteiger partial charge in [0.1, 0.15) is 5.82 Å². The highest BCUT2D eigenvalue weighted by Crippen LogP contribution is 2.22. The molecule has 0 aliphatic rings. The summed E-state index contributed by atoms with van der Waals surface area (Å²) in [5, 5.41) is 4.75. The Morgan fingerprint density at radius 2 is 1.96 bits per heavy atom. The Labute approximate surface area is 162 Å². The Morgan fingerprint density at radius 3 is 2.60 bits per heavy atom. The molecule has 0 radical (unpaired) electrons. The minimum atomic E-state index is 0.674. The fraction of sp³-hybridized carbons (Fsp3) is 0.333. The molecule has 2 heterocycles. The molecule has 0 amide bonds. The third-order valence-corrected chi connectivity index (χ3v) is 5.83. The van der Waals surface area contributed by atoms with E-state index in [4.69, 9.17) is 28.9 Å². The highest BCUT2D eigenvalue weighted by Gasteiger charge is 2.12. The van der Waals surface area contributed by atoms with E-state index in [1.807, 2.05) is 40.6 Å². The predicted octanol–water partition coefficient (Wildman–Crippen LogP) is 4.74. The second-order valence-electron chi connectivity index (χ2n) is 5.91. The van der Waals surface area contributed by atoms with Crippen LogP contribution >= 0.6 is 35.2 Å². The van der Waals surface area contributed by atoms with Crippen LogP contribution in [0.4, 0.5) is 0 Å². The molecule has 7 heteroatoms. The smallest absolute Gasteiger partial charge is 0.198 e. The topological polar surface area (TPSA) is 26.0 Å². The predicted molar refractivity (Wildman–Crippen MR) is 107 cm³/mol. The summed E-state index contributed by atoms with van der Waals surface area (Å²) < 4.78 is 5.48. The molecule has 0 N–H and O–H groups in total. The lowest BCUT2D eigenvalue weighted by Gasteiger charge is -2.19. The molecular weight excluding hydrogens is 372 g/mol. The van der Waals surface area contributed by atoms with Gasteiger partial charge in [-0.15, -0.1) is 11.3 Å². The summed E-state index contributed by atoms with van der Waals surface area (Å²) >= 11 is 13.2. The Kier molecular flexibility index (Phi) is 6.06. The van der Waals surface area contributed by atoms with Crippen LogP contribution in [0, 0.1) is 4.77 Å². The zero-order valence-corrected chi connectivity index (χ0v) is 16.7.